The van der Waals surface area contributed by atoms with Crippen molar-refractivity contribution >= 4 is 11.8 Å². The van der Waals surface area contributed by atoms with Crippen LogP contribution >= 0.6 is 0 Å². The van der Waals surface area contributed by atoms with Crippen LogP contribution in [0.5, 0.6) is 0 Å². The summed E-state index contributed by atoms with van der Waals surface area (Å²) in [6.45, 7) is 0.831. The highest BCUT2D eigenvalue weighted by molar-refractivity contribution is 5.38. The van der Waals surface area contributed by atoms with E-state index in [2.05, 4.69) is 20.7 Å². The normalized spacial score (nSPS) is 24.4. The van der Waals surface area contributed by atoms with Crippen LogP contribution in [0.15, 0.2) is 12.3 Å². The van der Waals surface area contributed by atoms with Crippen LogP contribution in [-0.2, 0) is 0 Å². The van der Waals surface area contributed by atoms with Crippen LogP contribution in [0.25, 0.3) is 0 Å². The van der Waals surface area contributed by atoms with Crippen molar-refractivity contribution in [2.24, 2.45) is 11.8 Å². The Balaban J connectivity index is 1.84. The molecule has 6 nitrogen and oxygen atoms in total. The third kappa shape index (κ3) is 3.54. The number of nitrogen functional groups attached to an aromatic ring is 1. The Bertz CT molecular complexity index is 359. The van der Waals surface area contributed by atoms with Crippen LogP contribution < -0.4 is 16.6 Å². The van der Waals surface area contributed by atoms with Crippen LogP contribution in [0.4, 0.5) is 11.8 Å². The van der Waals surface area contributed by atoms with Gasteiger partial charge in [0.1, 0.15) is 5.82 Å². The summed E-state index contributed by atoms with van der Waals surface area (Å²) in [6.07, 6.45) is 5.59. The first kappa shape index (κ1) is 12.1. The SMILES string of the molecule is NNc1nccc(NCC2CCCC(O)C2)n1. The predicted molar refractivity (Wildman–Crippen MR) is 66.3 cm³/mol. The molecule has 0 aliphatic heterocycles. The van der Waals surface area contributed by atoms with Gasteiger partial charge in [0.05, 0.1) is 6.10 Å². The standard InChI is InChI=1S/C11H19N5O/c12-16-11-13-5-4-10(15-11)14-7-8-2-1-3-9(17)6-8/h4-5,8-9,17H,1-3,6-7,12H2,(H2,13,14,15,16). The molecule has 94 valence electrons. The van der Waals surface area contributed by atoms with Crippen molar-refractivity contribution in [2.45, 2.75) is 31.8 Å². The van der Waals surface area contributed by atoms with Gasteiger partial charge in [0.25, 0.3) is 0 Å². The molecule has 1 aromatic rings. The van der Waals surface area contributed by atoms with Crippen molar-refractivity contribution in [3.05, 3.63) is 12.3 Å². The molecule has 1 aliphatic rings. The Morgan fingerprint density at radius 1 is 1.47 bits per heavy atom. The maximum atomic E-state index is 9.58. The number of aromatic nitrogens is 2. The van der Waals surface area contributed by atoms with Gasteiger partial charge in [-0.3, -0.25) is 5.43 Å². The van der Waals surface area contributed by atoms with Gasteiger partial charge in [0.2, 0.25) is 5.95 Å². The van der Waals surface area contributed by atoms with Gasteiger partial charge in [-0.15, -0.1) is 0 Å². The fourth-order valence-electron chi connectivity index (χ4n) is 2.22. The van der Waals surface area contributed by atoms with E-state index in [0.717, 1.165) is 38.0 Å². The Morgan fingerprint density at radius 3 is 3.12 bits per heavy atom. The number of rotatable bonds is 4. The minimum atomic E-state index is -0.137. The first-order valence-electron chi connectivity index (χ1n) is 5.99. The molecule has 1 aromatic heterocycles. The van der Waals surface area contributed by atoms with E-state index >= 15 is 0 Å². The van der Waals surface area contributed by atoms with Crippen LogP contribution in [0.1, 0.15) is 25.7 Å². The molecule has 0 radical (unpaired) electrons. The molecule has 1 fully saturated rings. The molecule has 1 saturated carbocycles. The van der Waals surface area contributed by atoms with Gasteiger partial charge >= 0.3 is 0 Å². The number of aliphatic hydroxyl groups is 1. The topological polar surface area (TPSA) is 96.1 Å². The van der Waals surface area contributed by atoms with Crippen molar-refractivity contribution in [3.63, 3.8) is 0 Å². The number of nitrogens with two attached hydrogens (primary N) is 1. The van der Waals surface area contributed by atoms with Crippen LogP contribution in [0.3, 0.4) is 0 Å². The Kier molecular flexibility index (Phi) is 4.11. The number of aliphatic hydroxyl groups excluding tert-OH is 1. The van der Waals surface area contributed by atoms with Gasteiger partial charge < -0.3 is 10.4 Å². The molecule has 2 unspecified atom stereocenters. The average molecular weight is 237 g/mol. The smallest absolute Gasteiger partial charge is 0.239 e. The zero-order valence-corrected chi connectivity index (χ0v) is 9.76. The van der Waals surface area contributed by atoms with Crippen molar-refractivity contribution in [2.75, 3.05) is 17.3 Å². The van der Waals surface area contributed by atoms with Gasteiger partial charge in [-0.25, -0.2) is 10.8 Å². The fraction of sp³-hybridized carbons (Fsp3) is 0.636. The average Bonchev–Trinajstić information content (AvgIpc) is 2.37. The molecule has 0 saturated heterocycles. The summed E-state index contributed by atoms with van der Waals surface area (Å²) in [5.41, 5.74) is 2.41. The van der Waals surface area contributed by atoms with Crippen LogP contribution in [0.2, 0.25) is 0 Å². The van der Waals surface area contributed by atoms with Crippen molar-refractivity contribution in [1.82, 2.24) is 9.97 Å². The number of nitrogens with one attached hydrogen (secondary N) is 2. The largest absolute Gasteiger partial charge is 0.393 e. The molecule has 5 N–H and O–H groups in total. The maximum absolute atomic E-state index is 9.58. The highest BCUT2D eigenvalue weighted by Crippen LogP contribution is 2.24. The second-order valence-corrected chi connectivity index (χ2v) is 4.48. The van der Waals surface area contributed by atoms with E-state index in [1.807, 2.05) is 0 Å². The Hall–Kier alpha value is -1.40. The number of nitrogens with zero attached hydrogens (tertiary/aromatic N) is 2. The lowest BCUT2D eigenvalue weighted by molar-refractivity contribution is 0.104. The van der Waals surface area contributed by atoms with E-state index in [-0.39, 0.29) is 6.10 Å². The first-order valence-corrected chi connectivity index (χ1v) is 5.99. The molecule has 0 amide bonds. The van der Waals surface area contributed by atoms with Gasteiger partial charge in [-0.2, -0.15) is 4.98 Å². The number of hydrogen-bond donors (Lipinski definition) is 4. The van der Waals surface area contributed by atoms with Gasteiger partial charge in [0, 0.05) is 12.7 Å². The molecule has 0 bridgehead atoms. The summed E-state index contributed by atoms with van der Waals surface area (Å²) in [5, 5.41) is 12.8. The predicted octanol–water partition coefficient (Wildman–Crippen LogP) is 0.725. The zero-order valence-electron chi connectivity index (χ0n) is 9.76. The van der Waals surface area contributed by atoms with E-state index < -0.39 is 0 Å². The van der Waals surface area contributed by atoms with Crippen LogP contribution in [-0.4, -0.2) is 27.7 Å². The summed E-state index contributed by atoms with van der Waals surface area (Å²) in [6, 6.07) is 1.81. The van der Waals surface area contributed by atoms with Gasteiger partial charge in [-0.05, 0) is 31.2 Å². The lowest BCUT2D eigenvalue weighted by Gasteiger charge is -2.26. The summed E-state index contributed by atoms with van der Waals surface area (Å²) in [4.78, 5) is 8.11. The minimum Gasteiger partial charge on any atom is -0.393 e. The summed E-state index contributed by atoms with van der Waals surface area (Å²) in [5.74, 6) is 6.92. The molecule has 6 heteroatoms. The van der Waals surface area contributed by atoms with E-state index in [9.17, 15) is 5.11 Å². The van der Waals surface area contributed by atoms with E-state index in [4.69, 9.17) is 5.84 Å². The van der Waals surface area contributed by atoms with Crippen molar-refractivity contribution < 1.29 is 5.11 Å². The molecule has 2 rings (SSSR count). The molecular formula is C11H19N5O. The molecular weight excluding hydrogens is 218 g/mol. The quantitative estimate of drug-likeness (QED) is 0.455. The van der Waals surface area contributed by atoms with E-state index in [0.29, 0.717) is 11.9 Å². The molecule has 0 spiro atoms. The lowest BCUT2D eigenvalue weighted by atomic mass is 9.87. The maximum Gasteiger partial charge on any atom is 0.239 e. The number of hydrazine groups is 1. The zero-order chi connectivity index (χ0) is 12.1. The summed E-state index contributed by atoms with van der Waals surface area (Å²) in [7, 11) is 0. The fourth-order valence-corrected chi connectivity index (χ4v) is 2.22. The van der Waals surface area contributed by atoms with Crippen molar-refractivity contribution in [1.29, 1.82) is 0 Å². The minimum absolute atomic E-state index is 0.137. The first-order chi connectivity index (χ1) is 8.28. The highest BCUT2D eigenvalue weighted by atomic mass is 16.3. The molecule has 1 heterocycles. The number of hydrogen-bond acceptors (Lipinski definition) is 6. The Morgan fingerprint density at radius 2 is 2.35 bits per heavy atom. The number of anilines is 2. The summed E-state index contributed by atoms with van der Waals surface area (Å²) >= 11 is 0. The summed E-state index contributed by atoms with van der Waals surface area (Å²) < 4.78 is 0. The monoisotopic (exact) mass is 237 g/mol. The molecule has 1 aliphatic carbocycles. The second-order valence-electron chi connectivity index (χ2n) is 4.48. The van der Waals surface area contributed by atoms with E-state index in [1.54, 1.807) is 12.3 Å². The third-order valence-corrected chi connectivity index (χ3v) is 3.11. The van der Waals surface area contributed by atoms with Crippen molar-refractivity contribution in [3.8, 4) is 0 Å². The molecule has 0 aromatic carbocycles. The van der Waals surface area contributed by atoms with Crippen LogP contribution in [0, 0.1) is 5.92 Å². The van der Waals surface area contributed by atoms with Gasteiger partial charge in [0.15, 0.2) is 0 Å². The second kappa shape index (κ2) is 5.79. The highest BCUT2D eigenvalue weighted by Gasteiger charge is 2.19. The molecule has 2 atom stereocenters. The molecule has 17 heavy (non-hydrogen) atoms. The Labute approximate surface area is 101 Å². The van der Waals surface area contributed by atoms with Gasteiger partial charge in [-0.1, -0.05) is 6.42 Å². The third-order valence-electron chi connectivity index (χ3n) is 3.11. The lowest BCUT2D eigenvalue weighted by Crippen LogP contribution is -2.25. The van der Waals surface area contributed by atoms with E-state index in [1.165, 1.54) is 0 Å².